The Morgan fingerprint density at radius 1 is 1.17 bits per heavy atom. The number of piperazine rings is 1. The summed E-state index contributed by atoms with van der Waals surface area (Å²) in [6.45, 7) is 9.81. The van der Waals surface area contributed by atoms with Crippen molar-refractivity contribution in [3.8, 4) is 17.0 Å². The first-order chi connectivity index (χ1) is 16.4. The van der Waals surface area contributed by atoms with E-state index in [9.17, 15) is 18.0 Å². The number of hydrogen-bond acceptors (Lipinski definition) is 8. The van der Waals surface area contributed by atoms with Crippen molar-refractivity contribution in [1.29, 1.82) is 0 Å². The van der Waals surface area contributed by atoms with Gasteiger partial charge < -0.3 is 19.7 Å². The van der Waals surface area contributed by atoms with Crippen LogP contribution in [-0.2, 0) is 4.74 Å². The van der Waals surface area contributed by atoms with E-state index < -0.39 is 12.0 Å². The molecule has 2 aromatic heterocycles. The molecular formula is C22H27F3N6O3S. The molecule has 1 fully saturated rings. The van der Waals surface area contributed by atoms with Crippen molar-refractivity contribution in [3.63, 3.8) is 0 Å². The largest absolute Gasteiger partial charge is 0.573 e. The zero-order chi connectivity index (χ0) is 25.2. The lowest BCUT2D eigenvalue weighted by Crippen LogP contribution is -2.50. The van der Waals surface area contributed by atoms with Crippen LogP contribution in [0.25, 0.3) is 16.2 Å². The molecule has 13 heteroatoms. The summed E-state index contributed by atoms with van der Waals surface area (Å²) in [5, 5.41) is 8.43. The van der Waals surface area contributed by atoms with E-state index in [0.717, 1.165) is 19.6 Å². The number of halogens is 3. The lowest BCUT2D eigenvalue weighted by Gasteiger charge is -2.35. The van der Waals surface area contributed by atoms with Gasteiger partial charge in [-0.1, -0.05) is 23.5 Å². The molecule has 0 spiro atoms. The molecule has 9 nitrogen and oxygen atoms in total. The number of nitrogens with zero attached hydrogens (tertiary/aromatic N) is 5. The fourth-order valence-electron chi connectivity index (χ4n) is 3.56. The molecule has 4 rings (SSSR count). The van der Waals surface area contributed by atoms with E-state index in [4.69, 9.17) is 4.74 Å². The molecule has 0 atom stereocenters. The minimum Gasteiger partial charge on any atom is -0.444 e. The Morgan fingerprint density at radius 2 is 1.91 bits per heavy atom. The topological polar surface area (TPSA) is 84.2 Å². The molecule has 35 heavy (non-hydrogen) atoms. The van der Waals surface area contributed by atoms with E-state index in [1.807, 2.05) is 20.8 Å². The molecule has 0 aliphatic carbocycles. The molecule has 3 heterocycles. The smallest absolute Gasteiger partial charge is 0.444 e. The van der Waals surface area contributed by atoms with E-state index in [1.165, 1.54) is 29.5 Å². The number of rotatable bonds is 6. The summed E-state index contributed by atoms with van der Waals surface area (Å²) in [6.07, 6.45) is -3.36. The molecule has 3 aromatic rings. The van der Waals surface area contributed by atoms with Gasteiger partial charge in [0.15, 0.2) is 0 Å². The van der Waals surface area contributed by atoms with Crippen molar-refractivity contribution < 1.29 is 27.4 Å². The molecule has 0 radical (unpaired) electrons. The molecule has 0 bridgehead atoms. The first-order valence-electron chi connectivity index (χ1n) is 11.1. The summed E-state index contributed by atoms with van der Waals surface area (Å²) in [5.41, 5.74) is 0.507. The number of carbonyl (C=O) groups excluding carboxylic acids is 1. The van der Waals surface area contributed by atoms with Crippen LogP contribution >= 0.6 is 11.3 Å². The second-order valence-corrected chi connectivity index (χ2v) is 10.0. The van der Waals surface area contributed by atoms with Gasteiger partial charge in [-0.15, -0.1) is 18.3 Å². The van der Waals surface area contributed by atoms with Gasteiger partial charge >= 0.3 is 12.5 Å². The lowest BCUT2D eigenvalue weighted by atomic mass is 10.1. The van der Waals surface area contributed by atoms with Crippen LogP contribution in [0.3, 0.4) is 0 Å². The Labute approximate surface area is 204 Å². The zero-order valence-corrected chi connectivity index (χ0v) is 20.4. The fourth-order valence-corrected chi connectivity index (χ4v) is 4.37. The van der Waals surface area contributed by atoms with E-state index in [2.05, 4.69) is 25.0 Å². The van der Waals surface area contributed by atoms with Gasteiger partial charge in [0.05, 0.1) is 11.9 Å². The quantitative estimate of drug-likeness (QED) is 0.527. The maximum Gasteiger partial charge on any atom is 0.573 e. The first-order valence-corrected chi connectivity index (χ1v) is 11.9. The average molecular weight is 513 g/mol. The van der Waals surface area contributed by atoms with E-state index in [0.29, 0.717) is 41.0 Å². The summed E-state index contributed by atoms with van der Waals surface area (Å²) < 4.78 is 48.4. The van der Waals surface area contributed by atoms with Crippen LogP contribution in [0.2, 0.25) is 0 Å². The van der Waals surface area contributed by atoms with Crippen molar-refractivity contribution >= 4 is 27.5 Å². The number of nitrogens with one attached hydrogen (secondary N) is 1. The van der Waals surface area contributed by atoms with Crippen molar-refractivity contribution in [2.75, 3.05) is 44.6 Å². The van der Waals surface area contributed by atoms with Gasteiger partial charge in [0.2, 0.25) is 10.1 Å². The number of fused-ring (bicyclic) bond motifs is 1. The Morgan fingerprint density at radius 3 is 2.57 bits per heavy atom. The molecular weight excluding hydrogens is 485 g/mol. The highest BCUT2D eigenvalue weighted by atomic mass is 32.1. The van der Waals surface area contributed by atoms with Crippen LogP contribution in [0.5, 0.6) is 5.75 Å². The second-order valence-electron chi connectivity index (χ2n) is 9.07. The molecule has 1 N–H and O–H groups in total. The van der Waals surface area contributed by atoms with Crippen LogP contribution in [0.4, 0.5) is 23.1 Å². The monoisotopic (exact) mass is 512 g/mol. The highest BCUT2D eigenvalue weighted by Gasteiger charge is 2.31. The number of hydrogen-bond donors (Lipinski definition) is 1. The maximum atomic E-state index is 12.5. The van der Waals surface area contributed by atoms with Crippen LogP contribution in [-0.4, -0.2) is 81.7 Å². The Balaban J connectivity index is 1.26. The third kappa shape index (κ3) is 6.98. The number of ether oxygens (including phenoxy) is 2. The second kappa shape index (κ2) is 9.90. The minimum absolute atomic E-state index is 0.277. The number of amides is 1. The van der Waals surface area contributed by atoms with Crippen LogP contribution in [0.15, 0.2) is 30.5 Å². The fraction of sp³-hybridized carbons (Fsp3) is 0.500. The van der Waals surface area contributed by atoms with Gasteiger partial charge in [-0.05, 0) is 32.9 Å². The highest BCUT2D eigenvalue weighted by molar-refractivity contribution is 7.20. The summed E-state index contributed by atoms with van der Waals surface area (Å²) >= 11 is 1.35. The maximum absolute atomic E-state index is 12.5. The molecule has 1 aliphatic heterocycles. The van der Waals surface area contributed by atoms with Gasteiger partial charge in [-0.3, -0.25) is 4.90 Å². The lowest BCUT2D eigenvalue weighted by molar-refractivity contribution is -0.274. The number of carbonyl (C=O) groups is 1. The van der Waals surface area contributed by atoms with Crippen LogP contribution < -0.4 is 10.1 Å². The molecule has 0 unspecified atom stereocenters. The number of aromatic nitrogens is 3. The van der Waals surface area contributed by atoms with Gasteiger partial charge in [0, 0.05) is 44.8 Å². The van der Waals surface area contributed by atoms with Crippen molar-refractivity contribution in [3.05, 3.63) is 30.5 Å². The van der Waals surface area contributed by atoms with E-state index >= 15 is 0 Å². The van der Waals surface area contributed by atoms with Crippen molar-refractivity contribution in [1.82, 2.24) is 24.4 Å². The Hall–Kier alpha value is -3.06. The normalized spacial score (nSPS) is 15.4. The average Bonchev–Trinajstić information content (AvgIpc) is 3.31. The predicted molar refractivity (Wildman–Crippen MR) is 126 cm³/mol. The molecule has 1 saturated heterocycles. The van der Waals surface area contributed by atoms with Gasteiger partial charge in [0.1, 0.15) is 11.4 Å². The van der Waals surface area contributed by atoms with Crippen LogP contribution in [0, 0.1) is 0 Å². The highest BCUT2D eigenvalue weighted by Crippen LogP contribution is 2.29. The van der Waals surface area contributed by atoms with Crippen LogP contribution in [0.1, 0.15) is 20.8 Å². The Kier molecular flexibility index (Phi) is 7.08. The third-order valence-corrected chi connectivity index (χ3v) is 6.02. The van der Waals surface area contributed by atoms with E-state index in [1.54, 1.807) is 21.7 Å². The number of alkyl halides is 3. The summed E-state index contributed by atoms with van der Waals surface area (Å²) in [4.78, 5) is 21.3. The zero-order valence-electron chi connectivity index (χ0n) is 19.6. The number of benzene rings is 1. The van der Waals surface area contributed by atoms with E-state index in [-0.39, 0.29) is 11.8 Å². The summed E-state index contributed by atoms with van der Waals surface area (Å²) in [5.74, 6) is -0.298. The molecule has 1 amide bonds. The van der Waals surface area contributed by atoms with Gasteiger partial charge in [-0.2, -0.15) is 0 Å². The standard InChI is InChI=1S/C22H27F3N6O3S/c1-21(2,3)34-20(32)30-11-9-29(10-12-30)8-7-26-18-28-31-14-17(27-19(31)35-18)15-5-4-6-16(13-15)33-22(23,24)25/h4-6,13-14H,7-12H2,1-3H3,(H,26,28). The van der Waals surface area contributed by atoms with Gasteiger partial charge in [-0.25, -0.2) is 14.3 Å². The first kappa shape index (κ1) is 25.0. The molecule has 0 saturated carbocycles. The van der Waals surface area contributed by atoms with Crippen molar-refractivity contribution in [2.24, 2.45) is 0 Å². The summed E-state index contributed by atoms with van der Waals surface area (Å²) in [6, 6.07) is 5.68. The minimum atomic E-state index is -4.75. The van der Waals surface area contributed by atoms with Crippen molar-refractivity contribution in [2.45, 2.75) is 32.7 Å². The summed E-state index contributed by atoms with van der Waals surface area (Å²) in [7, 11) is 0. The Bertz CT molecular complexity index is 1130. The predicted octanol–water partition coefficient (Wildman–Crippen LogP) is 4.32. The third-order valence-electron chi connectivity index (χ3n) is 5.13. The van der Waals surface area contributed by atoms with Gasteiger partial charge in [0.25, 0.3) is 0 Å². The number of imidazole rings is 1. The molecule has 190 valence electrons. The molecule has 1 aromatic carbocycles. The SMILES string of the molecule is CC(C)(C)OC(=O)N1CCN(CCNc2nn3cc(-c4cccc(OC(F)(F)F)c4)nc3s2)CC1. The number of anilines is 1. The molecule has 1 aliphatic rings.